The molecular formula is C10H15NO2. The van der Waals surface area contributed by atoms with E-state index in [-0.39, 0.29) is 5.75 Å². The summed E-state index contributed by atoms with van der Waals surface area (Å²) in [5, 5.41) is 9.46. The molecule has 0 saturated carbocycles. The maximum atomic E-state index is 9.46. The maximum absolute atomic E-state index is 9.46. The van der Waals surface area contributed by atoms with Crippen molar-refractivity contribution in [2.75, 3.05) is 7.11 Å². The van der Waals surface area contributed by atoms with E-state index in [1.54, 1.807) is 6.07 Å². The number of phenols is 1. The van der Waals surface area contributed by atoms with E-state index in [0.717, 1.165) is 17.5 Å². The maximum Gasteiger partial charge on any atom is 0.160 e. The second-order valence-corrected chi connectivity index (χ2v) is 2.85. The lowest BCUT2D eigenvalue weighted by atomic mass is 10.0. The molecule has 0 radical (unpaired) electrons. The molecule has 0 aliphatic heterocycles. The van der Waals surface area contributed by atoms with Crippen LogP contribution in [-0.2, 0) is 13.0 Å². The molecule has 0 bridgehead atoms. The quantitative estimate of drug-likeness (QED) is 0.741. The second-order valence-electron chi connectivity index (χ2n) is 2.85. The van der Waals surface area contributed by atoms with E-state index in [0.29, 0.717) is 12.3 Å². The molecule has 3 N–H and O–H groups in total. The van der Waals surface area contributed by atoms with Gasteiger partial charge in [0.2, 0.25) is 0 Å². The molecule has 0 spiro atoms. The molecule has 0 amide bonds. The van der Waals surface area contributed by atoms with Crippen molar-refractivity contribution in [2.24, 2.45) is 5.73 Å². The average molecular weight is 181 g/mol. The number of methoxy groups -OCH3 is 1. The fraction of sp³-hybridized carbons (Fsp3) is 0.400. The predicted octanol–water partition coefficient (Wildman–Crippen LogP) is 1.42. The van der Waals surface area contributed by atoms with Gasteiger partial charge in [-0.05, 0) is 29.7 Å². The smallest absolute Gasteiger partial charge is 0.160 e. The Hall–Kier alpha value is -1.22. The number of hydrogen-bond donors (Lipinski definition) is 2. The molecule has 3 nitrogen and oxygen atoms in total. The van der Waals surface area contributed by atoms with Gasteiger partial charge in [0.1, 0.15) is 0 Å². The van der Waals surface area contributed by atoms with Gasteiger partial charge in [0.25, 0.3) is 0 Å². The van der Waals surface area contributed by atoms with Crippen LogP contribution < -0.4 is 10.5 Å². The zero-order chi connectivity index (χ0) is 9.84. The first kappa shape index (κ1) is 9.86. The lowest BCUT2D eigenvalue weighted by molar-refractivity contribution is 0.372. The van der Waals surface area contributed by atoms with Crippen LogP contribution in [0.2, 0.25) is 0 Å². The van der Waals surface area contributed by atoms with E-state index >= 15 is 0 Å². The van der Waals surface area contributed by atoms with Gasteiger partial charge in [0, 0.05) is 6.54 Å². The monoisotopic (exact) mass is 181 g/mol. The highest BCUT2D eigenvalue weighted by atomic mass is 16.5. The van der Waals surface area contributed by atoms with Crippen molar-refractivity contribution in [2.45, 2.75) is 19.9 Å². The van der Waals surface area contributed by atoms with Crippen LogP contribution in [0, 0.1) is 0 Å². The Balaban J connectivity index is 3.18. The molecule has 1 rings (SSSR count). The molecule has 0 saturated heterocycles. The Morgan fingerprint density at radius 3 is 2.54 bits per heavy atom. The number of aryl methyl sites for hydroxylation is 1. The Bertz CT molecular complexity index is 297. The van der Waals surface area contributed by atoms with Crippen molar-refractivity contribution < 1.29 is 9.84 Å². The Morgan fingerprint density at radius 2 is 2.08 bits per heavy atom. The number of ether oxygens (including phenoxy) is 1. The zero-order valence-electron chi connectivity index (χ0n) is 8.00. The Labute approximate surface area is 78.1 Å². The van der Waals surface area contributed by atoms with Gasteiger partial charge in [-0.3, -0.25) is 0 Å². The van der Waals surface area contributed by atoms with Crippen molar-refractivity contribution >= 4 is 0 Å². The van der Waals surface area contributed by atoms with E-state index in [9.17, 15) is 5.11 Å². The van der Waals surface area contributed by atoms with Gasteiger partial charge in [-0.15, -0.1) is 0 Å². The number of hydrogen-bond acceptors (Lipinski definition) is 3. The molecule has 3 heteroatoms. The Morgan fingerprint density at radius 1 is 1.38 bits per heavy atom. The number of rotatable bonds is 3. The third-order valence-corrected chi connectivity index (χ3v) is 2.10. The van der Waals surface area contributed by atoms with Crippen LogP contribution >= 0.6 is 0 Å². The van der Waals surface area contributed by atoms with Gasteiger partial charge >= 0.3 is 0 Å². The molecule has 0 heterocycles. The van der Waals surface area contributed by atoms with Crippen molar-refractivity contribution in [1.82, 2.24) is 0 Å². The third-order valence-electron chi connectivity index (χ3n) is 2.10. The summed E-state index contributed by atoms with van der Waals surface area (Å²) in [6.45, 7) is 2.49. The van der Waals surface area contributed by atoms with Gasteiger partial charge in [-0.2, -0.15) is 0 Å². The molecule has 72 valence electrons. The van der Waals surface area contributed by atoms with Crippen molar-refractivity contribution in [1.29, 1.82) is 0 Å². The van der Waals surface area contributed by atoms with Gasteiger partial charge in [-0.1, -0.05) is 6.92 Å². The number of aromatic hydroxyl groups is 1. The molecular weight excluding hydrogens is 166 g/mol. The summed E-state index contributed by atoms with van der Waals surface area (Å²) in [6.07, 6.45) is 0.892. The molecule has 1 aromatic carbocycles. The summed E-state index contributed by atoms with van der Waals surface area (Å²) in [7, 11) is 1.54. The van der Waals surface area contributed by atoms with E-state index in [1.165, 1.54) is 7.11 Å². The van der Waals surface area contributed by atoms with E-state index < -0.39 is 0 Å². The first-order chi connectivity index (χ1) is 6.22. The second kappa shape index (κ2) is 4.14. The lowest BCUT2D eigenvalue weighted by Crippen LogP contribution is -2.01. The molecule has 0 unspecified atom stereocenters. The summed E-state index contributed by atoms with van der Waals surface area (Å²) < 4.78 is 5.00. The molecule has 0 aromatic heterocycles. The molecule has 0 fully saturated rings. The molecule has 1 aromatic rings. The van der Waals surface area contributed by atoms with Gasteiger partial charge in [-0.25, -0.2) is 0 Å². The summed E-state index contributed by atoms with van der Waals surface area (Å²) in [4.78, 5) is 0. The first-order valence-electron chi connectivity index (χ1n) is 4.31. The Kier molecular flexibility index (Phi) is 3.14. The number of phenolic OH excluding ortho intramolecular Hbond substituents is 1. The summed E-state index contributed by atoms with van der Waals surface area (Å²) >= 11 is 0. The van der Waals surface area contributed by atoms with Crippen LogP contribution in [0.1, 0.15) is 18.1 Å². The first-order valence-corrected chi connectivity index (χ1v) is 4.31. The molecule has 0 atom stereocenters. The third kappa shape index (κ3) is 1.92. The largest absolute Gasteiger partial charge is 0.504 e. The molecule has 0 aliphatic carbocycles. The van der Waals surface area contributed by atoms with Crippen LogP contribution in [-0.4, -0.2) is 12.2 Å². The summed E-state index contributed by atoms with van der Waals surface area (Å²) in [6, 6.07) is 3.50. The minimum Gasteiger partial charge on any atom is -0.504 e. The van der Waals surface area contributed by atoms with Crippen molar-refractivity contribution in [3.63, 3.8) is 0 Å². The standard InChI is InChI=1S/C10H15NO2/c1-3-7-5-10(13-2)9(12)4-8(7)6-11/h4-5,12H,3,6,11H2,1-2H3. The highest BCUT2D eigenvalue weighted by Gasteiger charge is 2.06. The van der Waals surface area contributed by atoms with E-state index in [1.807, 2.05) is 13.0 Å². The lowest BCUT2D eigenvalue weighted by Gasteiger charge is -2.09. The highest BCUT2D eigenvalue weighted by Crippen LogP contribution is 2.29. The van der Waals surface area contributed by atoms with Gasteiger partial charge in [0.15, 0.2) is 11.5 Å². The van der Waals surface area contributed by atoms with Crippen LogP contribution in [0.15, 0.2) is 12.1 Å². The van der Waals surface area contributed by atoms with Crippen molar-refractivity contribution in [3.05, 3.63) is 23.3 Å². The minimum atomic E-state index is 0.153. The summed E-state index contributed by atoms with van der Waals surface area (Å²) in [5.41, 5.74) is 7.63. The topological polar surface area (TPSA) is 55.5 Å². The van der Waals surface area contributed by atoms with Crippen LogP contribution in [0.5, 0.6) is 11.5 Å². The molecule has 0 aliphatic rings. The van der Waals surface area contributed by atoms with Crippen LogP contribution in [0.4, 0.5) is 0 Å². The van der Waals surface area contributed by atoms with E-state index in [4.69, 9.17) is 10.5 Å². The fourth-order valence-corrected chi connectivity index (χ4v) is 1.34. The van der Waals surface area contributed by atoms with Gasteiger partial charge < -0.3 is 15.6 Å². The van der Waals surface area contributed by atoms with Crippen molar-refractivity contribution in [3.8, 4) is 11.5 Å². The van der Waals surface area contributed by atoms with Crippen LogP contribution in [0.25, 0.3) is 0 Å². The molecule has 13 heavy (non-hydrogen) atoms. The van der Waals surface area contributed by atoms with E-state index in [2.05, 4.69) is 0 Å². The summed E-state index contributed by atoms with van der Waals surface area (Å²) in [5.74, 6) is 0.661. The number of nitrogens with two attached hydrogens (primary N) is 1. The predicted molar refractivity (Wildman–Crippen MR) is 51.9 cm³/mol. The normalized spacial score (nSPS) is 10.1. The zero-order valence-corrected chi connectivity index (χ0v) is 8.00. The average Bonchev–Trinajstić information content (AvgIpc) is 2.17. The fourth-order valence-electron chi connectivity index (χ4n) is 1.34. The van der Waals surface area contributed by atoms with Gasteiger partial charge in [0.05, 0.1) is 7.11 Å². The highest BCUT2D eigenvalue weighted by molar-refractivity contribution is 5.46. The number of benzene rings is 1. The van der Waals surface area contributed by atoms with Crippen LogP contribution in [0.3, 0.4) is 0 Å². The minimum absolute atomic E-state index is 0.153. The SMILES string of the molecule is CCc1cc(OC)c(O)cc1CN.